The van der Waals surface area contributed by atoms with Crippen molar-refractivity contribution in [2.75, 3.05) is 0 Å². The average molecular weight is 581 g/mol. The van der Waals surface area contributed by atoms with Crippen LogP contribution >= 0.6 is 22.7 Å². The molecule has 208 valence electrons. The van der Waals surface area contributed by atoms with Gasteiger partial charge >= 0.3 is 0 Å². The predicted octanol–water partition coefficient (Wildman–Crippen LogP) is 12.7. The van der Waals surface area contributed by atoms with Crippen molar-refractivity contribution in [1.29, 1.82) is 0 Å². The van der Waals surface area contributed by atoms with Crippen molar-refractivity contribution < 1.29 is 0 Å². The molecule has 0 spiro atoms. The van der Waals surface area contributed by atoms with E-state index in [-0.39, 0.29) is 0 Å². The number of fused-ring (bicyclic) bond motifs is 7. The first-order valence-electron chi connectivity index (χ1n) is 15.6. The van der Waals surface area contributed by atoms with Gasteiger partial charge in [-0.1, -0.05) is 106 Å². The molecule has 0 saturated heterocycles. The van der Waals surface area contributed by atoms with Crippen molar-refractivity contribution in [2.24, 2.45) is 0 Å². The first-order chi connectivity index (χ1) is 20.7. The Balaban J connectivity index is 1.14. The van der Waals surface area contributed by atoms with Crippen molar-refractivity contribution >= 4 is 73.8 Å². The Labute approximate surface area is 257 Å². The lowest BCUT2D eigenvalue weighted by Gasteiger charge is -2.05. The quantitative estimate of drug-likeness (QED) is 0.118. The summed E-state index contributed by atoms with van der Waals surface area (Å²) in [6, 6.07) is 33.6. The Morgan fingerprint density at radius 2 is 1.10 bits per heavy atom. The van der Waals surface area contributed by atoms with Crippen LogP contribution in [0.2, 0.25) is 0 Å². The topological polar surface area (TPSA) is 0 Å². The maximum Gasteiger partial charge on any atom is 0.0542 e. The third kappa shape index (κ3) is 5.69. The molecular weight excluding hydrogens is 545 g/mol. The standard InChI is InChI=1S/C40H36S2/c1-2-3-4-5-6-7-8-10-15-29-18-20-31-24-35-37(26-33(31)22-29)41-40-36-25-32-21-19-30(17-16-28-13-11-9-12-14-28)23-34(32)27-38(36)42-39(35)40/h9,11-14,18-27H,2-8,10,15H2,1H3. The van der Waals surface area contributed by atoms with Crippen LogP contribution in [0.25, 0.3) is 51.1 Å². The van der Waals surface area contributed by atoms with Crippen LogP contribution in [0.3, 0.4) is 0 Å². The lowest BCUT2D eigenvalue weighted by Crippen LogP contribution is -1.87. The lowest BCUT2D eigenvalue weighted by atomic mass is 10.0. The van der Waals surface area contributed by atoms with E-state index in [0.717, 1.165) is 11.1 Å². The van der Waals surface area contributed by atoms with Gasteiger partial charge < -0.3 is 0 Å². The molecule has 0 saturated carbocycles. The number of thiophene rings is 2. The summed E-state index contributed by atoms with van der Waals surface area (Å²) in [5, 5.41) is 8.05. The van der Waals surface area contributed by atoms with Gasteiger partial charge in [0, 0.05) is 31.3 Å². The van der Waals surface area contributed by atoms with Gasteiger partial charge in [-0.2, -0.15) is 0 Å². The Morgan fingerprint density at radius 3 is 1.79 bits per heavy atom. The Kier molecular flexibility index (Phi) is 7.97. The summed E-state index contributed by atoms with van der Waals surface area (Å²) in [4.78, 5) is 0. The number of rotatable bonds is 9. The zero-order valence-corrected chi connectivity index (χ0v) is 26.0. The fourth-order valence-electron chi connectivity index (χ4n) is 6.16. The van der Waals surface area contributed by atoms with Gasteiger partial charge in [-0.15, -0.1) is 22.7 Å². The second kappa shape index (κ2) is 12.3. The maximum atomic E-state index is 3.35. The van der Waals surface area contributed by atoms with E-state index in [9.17, 15) is 0 Å². The van der Waals surface area contributed by atoms with Crippen LogP contribution in [0.15, 0.2) is 91.0 Å². The number of hydrogen-bond donors (Lipinski definition) is 0. The van der Waals surface area contributed by atoms with E-state index >= 15 is 0 Å². The average Bonchev–Trinajstić information content (AvgIpc) is 3.54. The molecule has 0 atom stereocenters. The van der Waals surface area contributed by atoms with Crippen LogP contribution in [0.4, 0.5) is 0 Å². The molecule has 0 aliphatic carbocycles. The summed E-state index contributed by atoms with van der Waals surface area (Å²) >= 11 is 3.89. The molecule has 2 heterocycles. The summed E-state index contributed by atoms with van der Waals surface area (Å²) in [6.45, 7) is 2.29. The van der Waals surface area contributed by atoms with Crippen molar-refractivity contribution in [3.8, 4) is 11.8 Å². The minimum atomic E-state index is 1.05. The molecule has 0 N–H and O–H groups in total. The van der Waals surface area contributed by atoms with Crippen molar-refractivity contribution in [3.05, 3.63) is 108 Å². The number of aryl methyl sites for hydroxylation is 1. The summed E-state index contributed by atoms with van der Waals surface area (Å²) in [6.07, 6.45) is 12.2. The number of unbranched alkanes of at least 4 members (excludes halogenated alkanes) is 7. The minimum absolute atomic E-state index is 1.05. The fraction of sp³-hybridized carbons (Fsp3) is 0.250. The first kappa shape index (κ1) is 27.2. The van der Waals surface area contributed by atoms with E-state index in [1.54, 1.807) is 0 Å². The van der Waals surface area contributed by atoms with Gasteiger partial charge in [-0.05, 0) is 88.5 Å². The highest BCUT2D eigenvalue weighted by Crippen LogP contribution is 2.46. The van der Waals surface area contributed by atoms with Gasteiger partial charge in [0.1, 0.15) is 0 Å². The summed E-state index contributed by atoms with van der Waals surface area (Å²) < 4.78 is 5.62. The van der Waals surface area contributed by atoms with Crippen LogP contribution in [0.5, 0.6) is 0 Å². The van der Waals surface area contributed by atoms with Crippen molar-refractivity contribution in [2.45, 2.75) is 64.7 Å². The largest absolute Gasteiger partial charge is 0.134 e. The normalized spacial score (nSPS) is 11.6. The van der Waals surface area contributed by atoms with Crippen LogP contribution in [-0.2, 0) is 6.42 Å². The molecule has 0 nitrogen and oxygen atoms in total. The van der Waals surface area contributed by atoms with E-state index in [0.29, 0.717) is 0 Å². The molecule has 0 bridgehead atoms. The molecule has 0 radical (unpaired) electrons. The van der Waals surface area contributed by atoms with Crippen molar-refractivity contribution in [3.63, 3.8) is 0 Å². The summed E-state index contributed by atoms with van der Waals surface area (Å²) in [5.41, 5.74) is 3.59. The van der Waals surface area contributed by atoms with E-state index < -0.39 is 0 Å². The third-order valence-corrected chi connectivity index (χ3v) is 11.0. The molecule has 2 heteroatoms. The van der Waals surface area contributed by atoms with Gasteiger partial charge in [0.25, 0.3) is 0 Å². The SMILES string of the molecule is CCCCCCCCCCc1ccc2cc3c(cc2c1)sc1c2cc4ccc(C#Cc5ccccc5)cc4cc2sc31. The maximum absolute atomic E-state index is 3.35. The molecule has 0 aliphatic rings. The number of hydrogen-bond acceptors (Lipinski definition) is 2. The highest BCUT2D eigenvalue weighted by molar-refractivity contribution is 7.36. The van der Waals surface area contributed by atoms with E-state index in [1.165, 1.54) is 114 Å². The highest BCUT2D eigenvalue weighted by Gasteiger charge is 2.14. The molecule has 42 heavy (non-hydrogen) atoms. The third-order valence-electron chi connectivity index (χ3n) is 8.51. The van der Waals surface area contributed by atoms with Gasteiger partial charge in [0.05, 0.1) is 9.40 Å². The fourth-order valence-corrected chi connectivity index (χ4v) is 8.85. The molecule has 0 aliphatic heterocycles. The van der Waals surface area contributed by atoms with E-state index in [2.05, 4.69) is 91.6 Å². The zero-order chi connectivity index (χ0) is 28.3. The Bertz CT molecular complexity index is 2080. The molecule has 7 aromatic rings. The van der Waals surface area contributed by atoms with E-state index in [4.69, 9.17) is 0 Å². The predicted molar refractivity (Wildman–Crippen MR) is 188 cm³/mol. The second-order valence-corrected chi connectivity index (χ2v) is 13.7. The molecule has 7 rings (SSSR count). The summed E-state index contributed by atoms with van der Waals surface area (Å²) in [7, 11) is 0. The lowest BCUT2D eigenvalue weighted by molar-refractivity contribution is 0.575. The minimum Gasteiger partial charge on any atom is -0.134 e. The van der Waals surface area contributed by atoms with E-state index in [1.807, 2.05) is 40.9 Å². The molecular formula is C40H36S2. The van der Waals surface area contributed by atoms with Gasteiger partial charge in [0.2, 0.25) is 0 Å². The number of benzene rings is 5. The first-order valence-corrected chi connectivity index (χ1v) is 17.2. The van der Waals surface area contributed by atoms with Crippen molar-refractivity contribution in [1.82, 2.24) is 0 Å². The van der Waals surface area contributed by atoms with Crippen LogP contribution < -0.4 is 0 Å². The zero-order valence-electron chi connectivity index (χ0n) is 24.3. The second-order valence-electron chi connectivity index (χ2n) is 11.6. The Hall–Kier alpha value is -3.64. The molecule has 0 fully saturated rings. The van der Waals surface area contributed by atoms with Crippen LogP contribution in [0, 0.1) is 11.8 Å². The molecule has 2 aromatic heterocycles. The Morgan fingerprint density at radius 1 is 0.500 bits per heavy atom. The van der Waals surface area contributed by atoms with Crippen LogP contribution in [0.1, 0.15) is 75.0 Å². The van der Waals surface area contributed by atoms with Gasteiger partial charge in [0.15, 0.2) is 0 Å². The smallest absolute Gasteiger partial charge is 0.0542 e. The van der Waals surface area contributed by atoms with Gasteiger partial charge in [-0.3, -0.25) is 0 Å². The van der Waals surface area contributed by atoms with Crippen LogP contribution in [-0.4, -0.2) is 0 Å². The molecule has 0 unspecified atom stereocenters. The monoisotopic (exact) mass is 580 g/mol. The van der Waals surface area contributed by atoms with Gasteiger partial charge in [-0.25, -0.2) is 0 Å². The highest BCUT2D eigenvalue weighted by atomic mass is 32.1. The molecule has 0 amide bonds. The molecule has 5 aromatic carbocycles. The summed E-state index contributed by atoms with van der Waals surface area (Å²) in [5.74, 6) is 6.64.